The second-order valence-electron chi connectivity index (χ2n) is 6.44. The second kappa shape index (κ2) is 7.59. The van der Waals surface area contributed by atoms with Crippen molar-refractivity contribution < 1.29 is 13.2 Å². The second-order valence-corrected chi connectivity index (χ2v) is 9.89. The maximum absolute atomic E-state index is 12.7. The summed E-state index contributed by atoms with van der Waals surface area (Å²) < 4.78 is 24.6. The van der Waals surface area contributed by atoms with Gasteiger partial charge in [0.2, 0.25) is 0 Å². The van der Waals surface area contributed by atoms with Crippen LogP contribution < -0.4 is 5.32 Å². The SMILES string of the molecule is CS(=O)(=O)c1ccc(Cl)c(C(=O)Nc2cccc(-c3nc4ccccc4s3)c2)c1. The van der Waals surface area contributed by atoms with Gasteiger partial charge in [0.15, 0.2) is 9.84 Å². The quantitative estimate of drug-likeness (QED) is 0.467. The minimum Gasteiger partial charge on any atom is -0.322 e. The van der Waals surface area contributed by atoms with Crippen LogP contribution in [0.15, 0.2) is 71.6 Å². The molecule has 0 bridgehead atoms. The number of sulfone groups is 1. The van der Waals surface area contributed by atoms with E-state index >= 15 is 0 Å². The number of hydrogen-bond acceptors (Lipinski definition) is 5. The molecule has 29 heavy (non-hydrogen) atoms. The number of fused-ring (bicyclic) bond motifs is 1. The van der Waals surface area contributed by atoms with Crippen molar-refractivity contribution in [2.75, 3.05) is 11.6 Å². The molecule has 0 radical (unpaired) electrons. The van der Waals surface area contributed by atoms with Crippen molar-refractivity contribution in [2.45, 2.75) is 4.90 Å². The van der Waals surface area contributed by atoms with Gasteiger partial charge in [0.1, 0.15) is 5.01 Å². The molecule has 1 aromatic heterocycles. The lowest BCUT2D eigenvalue weighted by Gasteiger charge is -2.09. The number of hydrogen-bond donors (Lipinski definition) is 1. The Morgan fingerprint density at radius 2 is 1.83 bits per heavy atom. The monoisotopic (exact) mass is 442 g/mol. The molecule has 0 unspecified atom stereocenters. The number of thiazole rings is 1. The van der Waals surface area contributed by atoms with Crippen molar-refractivity contribution >= 4 is 54.6 Å². The molecule has 1 N–H and O–H groups in total. The lowest BCUT2D eigenvalue weighted by molar-refractivity contribution is 0.102. The highest BCUT2D eigenvalue weighted by Crippen LogP contribution is 2.31. The number of halogens is 1. The maximum Gasteiger partial charge on any atom is 0.257 e. The molecule has 0 aliphatic heterocycles. The Kier molecular flexibility index (Phi) is 5.12. The molecule has 8 heteroatoms. The van der Waals surface area contributed by atoms with Crippen molar-refractivity contribution in [3.05, 3.63) is 77.3 Å². The number of benzene rings is 3. The molecule has 146 valence electrons. The van der Waals surface area contributed by atoms with E-state index in [1.807, 2.05) is 42.5 Å². The molecule has 0 aliphatic carbocycles. The predicted octanol–water partition coefficient (Wildman–Crippen LogP) is 5.27. The highest BCUT2D eigenvalue weighted by molar-refractivity contribution is 7.90. The number of nitrogens with one attached hydrogen (secondary N) is 1. The van der Waals surface area contributed by atoms with E-state index in [4.69, 9.17) is 11.6 Å². The first-order valence-electron chi connectivity index (χ1n) is 8.58. The Labute approximate surface area is 176 Å². The van der Waals surface area contributed by atoms with Gasteiger partial charge in [0.05, 0.1) is 25.7 Å². The summed E-state index contributed by atoms with van der Waals surface area (Å²) in [4.78, 5) is 17.4. The van der Waals surface area contributed by atoms with Gasteiger partial charge in [0, 0.05) is 17.5 Å². The Balaban J connectivity index is 1.64. The topological polar surface area (TPSA) is 76.1 Å². The van der Waals surface area contributed by atoms with E-state index < -0.39 is 15.7 Å². The van der Waals surface area contributed by atoms with Crippen molar-refractivity contribution in [1.82, 2.24) is 4.98 Å². The minimum absolute atomic E-state index is 0.0373. The van der Waals surface area contributed by atoms with Gasteiger partial charge < -0.3 is 5.32 Å². The fourth-order valence-corrected chi connectivity index (χ4v) is 4.65. The smallest absolute Gasteiger partial charge is 0.257 e. The van der Waals surface area contributed by atoms with Crippen molar-refractivity contribution in [1.29, 1.82) is 0 Å². The molecule has 0 atom stereocenters. The molecule has 4 rings (SSSR count). The van der Waals surface area contributed by atoms with Crippen LogP contribution in [0.5, 0.6) is 0 Å². The van der Waals surface area contributed by atoms with E-state index in [1.165, 1.54) is 18.2 Å². The van der Waals surface area contributed by atoms with Gasteiger partial charge in [0.25, 0.3) is 5.91 Å². The fourth-order valence-electron chi connectivity index (χ4n) is 2.83. The van der Waals surface area contributed by atoms with E-state index in [0.29, 0.717) is 5.69 Å². The average Bonchev–Trinajstić information content (AvgIpc) is 3.12. The van der Waals surface area contributed by atoms with E-state index in [1.54, 1.807) is 17.4 Å². The van der Waals surface area contributed by atoms with E-state index in [0.717, 1.165) is 27.0 Å². The van der Waals surface area contributed by atoms with Crippen LogP contribution in [0, 0.1) is 0 Å². The third-order valence-corrected chi connectivity index (χ3v) is 6.80. The number of carbonyl (C=O) groups excluding carboxylic acids is 1. The van der Waals surface area contributed by atoms with Crippen LogP contribution in [0.4, 0.5) is 5.69 Å². The average molecular weight is 443 g/mol. The number of anilines is 1. The van der Waals surface area contributed by atoms with Crippen molar-refractivity contribution in [2.24, 2.45) is 0 Å². The number of para-hydroxylation sites is 1. The van der Waals surface area contributed by atoms with Crippen LogP contribution in [-0.4, -0.2) is 25.6 Å². The number of amides is 1. The summed E-state index contributed by atoms with van der Waals surface area (Å²) in [6.45, 7) is 0. The summed E-state index contributed by atoms with van der Waals surface area (Å²) in [6.07, 6.45) is 1.08. The third kappa shape index (κ3) is 4.17. The Morgan fingerprint density at radius 1 is 1.03 bits per heavy atom. The zero-order chi connectivity index (χ0) is 20.6. The summed E-state index contributed by atoms with van der Waals surface area (Å²) in [6, 6.07) is 19.3. The van der Waals surface area contributed by atoms with Crippen LogP contribution in [0.2, 0.25) is 5.02 Å². The molecule has 1 amide bonds. The van der Waals surface area contributed by atoms with Gasteiger partial charge in [-0.3, -0.25) is 4.79 Å². The van der Waals surface area contributed by atoms with Crippen LogP contribution in [0.25, 0.3) is 20.8 Å². The van der Waals surface area contributed by atoms with Gasteiger partial charge in [-0.1, -0.05) is 35.9 Å². The maximum atomic E-state index is 12.7. The molecular formula is C21H15ClN2O3S2. The van der Waals surface area contributed by atoms with Crippen LogP contribution in [0.1, 0.15) is 10.4 Å². The van der Waals surface area contributed by atoms with E-state index in [2.05, 4.69) is 10.3 Å². The van der Waals surface area contributed by atoms with Crippen molar-refractivity contribution in [3.8, 4) is 10.6 Å². The molecule has 4 aromatic rings. The first-order valence-corrected chi connectivity index (χ1v) is 11.7. The fraction of sp³-hybridized carbons (Fsp3) is 0.0476. The van der Waals surface area contributed by atoms with Gasteiger partial charge in [-0.15, -0.1) is 11.3 Å². The highest BCUT2D eigenvalue weighted by Gasteiger charge is 2.16. The Bertz CT molecular complexity index is 1310. The normalized spacial score (nSPS) is 11.5. The summed E-state index contributed by atoms with van der Waals surface area (Å²) in [7, 11) is -3.45. The number of nitrogens with zero attached hydrogens (tertiary/aromatic N) is 1. The zero-order valence-corrected chi connectivity index (χ0v) is 17.6. The van der Waals surface area contributed by atoms with Gasteiger partial charge in [-0.25, -0.2) is 13.4 Å². The Morgan fingerprint density at radius 3 is 2.59 bits per heavy atom. The molecule has 1 heterocycles. The summed E-state index contributed by atoms with van der Waals surface area (Å²) in [5.41, 5.74) is 2.46. The van der Waals surface area contributed by atoms with Crippen molar-refractivity contribution in [3.63, 3.8) is 0 Å². The highest BCUT2D eigenvalue weighted by atomic mass is 35.5. The van der Waals surface area contributed by atoms with E-state index in [-0.39, 0.29) is 15.5 Å². The molecule has 0 saturated carbocycles. The number of carbonyl (C=O) groups is 1. The zero-order valence-electron chi connectivity index (χ0n) is 15.2. The molecule has 0 saturated heterocycles. The molecular weight excluding hydrogens is 428 g/mol. The minimum atomic E-state index is -3.45. The van der Waals surface area contributed by atoms with Gasteiger partial charge >= 0.3 is 0 Å². The summed E-state index contributed by atoms with van der Waals surface area (Å²) >= 11 is 7.69. The lowest BCUT2D eigenvalue weighted by atomic mass is 10.1. The van der Waals surface area contributed by atoms with Crippen LogP contribution >= 0.6 is 22.9 Å². The first-order chi connectivity index (χ1) is 13.8. The van der Waals surface area contributed by atoms with Gasteiger partial charge in [-0.05, 0) is 42.5 Å². The van der Waals surface area contributed by atoms with Crippen LogP contribution in [0.3, 0.4) is 0 Å². The molecule has 0 fully saturated rings. The first kappa shape index (κ1) is 19.6. The molecule has 5 nitrogen and oxygen atoms in total. The van der Waals surface area contributed by atoms with E-state index in [9.17, 15) is 13.2 Å². The van der Waals surface area contributed by atoms with Crippen LogP contribution in [-0.2, 0) is 9.84 Å². The number of aromatic nitrogens is 1. The lowest BCUT2D eigenvalue weighted by Crippen LogP contribution is -2.13. The standard InChI is InChI=1S/C21H15ClN2O3S2/c1-29(26,27)15-9-10-17(22)16(12-15)20(25)23-14-6-4-5-13(11-14)21-24-18-7-2-3-8-19(18)28-21/h2-12H,1H3,(H,23,25). The summed E-state index contributed by atoms with van der Waals surface area (Å²) in [5.74, 6) is -0.484. The third-order valence-electron chi connectivity index (χ3n) is 4.27. The molecule has 3 aromatic carbocycles. The number of rotatable bonds is 4. The summed E-state index contributed by atoms with van der Waals surface area (Å²) in [5, 5.41) is 3.80. The molecule has 0 aliphatic rings. The Hall–Kier alpha value is -2.74. The van der Waals surface area contributed by atoms with Gasteiger partial charge in [-0.2, -0.15) is 0 Å². The molecule has 0 spiro atoms. The largest absolute Gasteiger partial charge is 0.322 e. The predicted molar refractivity (Wildman–Crippen MR) is 118 cm³/mol.